The fourth-order valence-corrected chi connectivity index (χ4v) is 7.20. The van der Waals surface area contributed by atoms with Gasteiger partial charge in [0.2, 0.25) is 5.13 Å². The van der Waals surface area contributed by atoms with Crippen LogP contribution in [0.5, 0.6) is 0 Å². The number of amides is 1. The molecular weight excluding hydrogens is 563 g/mol. The normalized spacial score (nSPS) is 16.5. The minimum absolute atomic E-state index is 0.0538. The summed E-state index contributed by atoms with van der Waals surface area (Å²) >= 11 is 2.81. The van der Waals surface area contributed by atoms with E-state index in [1.54, 1.807) is 11.8 Å². The van der Waals surface area contributed by atoms with E-state index in [-0.39, 0.29) is 11.3 Å². The standard InChI is InChI=1S/C34H29N3O3S2/c1-4-22-14-16-24(17-15-22)29-28(30(38)27-18-20(2)12-13-21(27)3)31(39)32(40)37(29)33-35-36-34(42-33)41-19-25-10-7-9-23-8-5-6-11-26(23)25/h5-18,29,38H,4,19H2,1-3H3. The zero-order valence-electron chi connectivity index (χ0n) is 23.5. The Morgan fingerprint density at radius 3 is 2.50 bits per heavy atom. The second-order valence-corrected chi connectivity index (χ2v) is 12.5. The Kier molecular flexibility index (Phi) is 7.66. The molecule has 1 aliphatic heterocycles. The number of aliphatic hydroxyl groups is 1. The number of hydrogen-bond acceptors (Lipinski definition) is 7. The van der Waals surface area contributed by atoms with Crippen molar-refractivity contribution in [2.24, 2.45) is 0 Å². The lowest BCUT2D eigenvalue weighted by Crippen LogP contribution is -2.29. The Labute approximate surface area is 252 Å². The van der Waals surface area contributed by atoms with Crippen molar-refractivity contribution >= 4 is 56.5 Å². The number of Topliss-reactive ketones (excluding diaryl/α,β-unsaturated/α-hetero) is 1. The van der Waals surface area contributed by atoms with Gasteiger partial charge in [0.15, 0.2) is 4.34 Å². The van der Waals surface area contributed by atoms with Gasteiger partial charge in [0, 0.05) is 11.3 Å². The van der Waals surface area contributed by atoms with Crippen LogP contribution in [0.15, 0.2) is 94.8 Å². The van der Waals surface area contributed by atoms with Crippen LogP contribution in [-0.2, 0) is 21.8 Å². The summed E-state index contributed by atoms with van der Waals surface area (Å²) in [6, 6.07) is 27.1. The van der Waals surface area contributed by atoms with Crippen molar-refractivity contribution in [3.63, 3.8) is 0 Å². The van der Waals surface area contributed by atoms with E-state index in [0.717, 1.165) is 28.7 Å². The van der Waals surface area contributed by atoms with Crippen LogP contribution in [-0.4, -0.2) is 27.0 Å². The van der Waals surface area contributed by atoms with Gasteiger partial charge in [0.25, 0.3) is 5.78 Å². The molecule has 0 bridgehead atoms. The number of fused-ring (bicyclic) bond motifs is 1. The molecule has 1 saturated heterocycles. The molecule has 1 atom stereocenters. The second-order valence-electron chi connectivity index (χ2n) is 10.4. The fourth-order valence-electron chi connectivity index (χ4n) is 5.33. The third-order valence-corrected chi connectivity index (χ3v) is 9.73. The number of aryl methyl sites for hydroxylation is 3. The molecule has 8 heteroatoms. The molecule has 2 heterocycles. The highest BCUT2D eigenvalue weighted by Gasteiger charge is 2.48. The van der Waals surface area contributed by atoms with Crippen LogP contribution < -0.4 is 4.90 Å². The molecular formula is C34H29N3O3S2. The summed E-state index contributed by atoms with van der Waals surface area (Å²) in [6.07, 6.45) is 0.858. The molecule has 6 nitrogen and oxygen atoms in total. The fraction of sp³-hybridized carbons (Fsp3) is 0.176. The molecule has 4 aromatic carbocycles. The zero-order valence-corrected chi connectivity index (χ0v) is 25.1. The number of carbonyl (C=O) groups excluding carboxylic acids is 2. The topological polar surface area (TPSA) is 83.4 Å². The number of thioether (sulfide) groups is 1. The third kappa shape index (κ3) is 5.12. The van der Waals surface area contributed by atoms with E-state index in [4.69, 9.17) is 0 Å². The maximum Gasteiger partial charge on any atom is 0.301 e. The van der Waals surface area contributed by atoms with Crippen molar-refractivity contribution in [2.45, 2.75) is 43.3 Å². The van der Waals surface area contributed by atoms with E-state index in [2.05, 4.69) is 41.4 Å². The number of hydrogen-bond donors (Lipinski definition) is 1. The number of anilines is 1. The number of rotatable bonds is 7. The smallest absolute Gasteiger partial charge is 0.301 e. The van der Waals surface area contributed by atoms with Crippen molar-refractivity contribution in [1.82, 2.24) is 10.2 Å². The largest absolute Gasteiger partial charge is 0.507 e. The quantitative estimate of drug-likeness (QED) is 0.0684. The first-order chi connectivity index (χ1) is 20.4. The van der Waals surface area contributed by atoms with Gasteiger partial charge >= 0.3 is 5.91 Å². The molecule has 0 saturated carbocycles. The monoisotopic (exact) mass is 591 g/mol. The van der Waals surface area contributed by atoms with Gasteiger partial charge < -0.3 is 5.11 Å². The van der Waals surface area contributed by atoms with Gasteiger partial charge in [-0.05, 0) is 59.4 Å². The summed E-state index contributed by atoms with van der Waals surface area (Å²) in [5.41, 5.74) is 5.38. The molecule has 0 radical (unpaired) electrons. The summed E-state index contributed by atoms with van der Waals surface area (Å²) in [4.78, 5) is 28.6. The number of nitrogens with zero attached hydrogens (tertiary/aromatic N) is 3. The Hall–Kier alpha value is -4.27. The van der Waals surface area contributed by atoms with Crippen LogP contribution in [0, 0.1) is 13.8 Å². The van der Waals surface area contributed by atoms with Gasteiger partial charge in [-0.3, -0.25) is 14.5 Å². The Morgan fingerprint density at radius 2 is 1.71 bits per heavy atom. The van der Waals surface area contributed by atoms with Gasteiger partial charge in [0.05, 0.1) is 11.6 Å². The van der Waals surface area contributed by atoms with Gasteiger partial charge in [-0.15, -0.1) is 10.2 Å². The van der Waals surface area contributed by atoms with E-state index in [0.29, 0.717) is 20.8 Å². The van der Waals surface area contributed by atoms with Gasteiger partial charge in [0.1, 0.15) is 5.76 Å². The van der Waals surface area contributed by atoms with Crippen LogP contribution >= 0.6 is 23.1 Å². The lowest BCUT2D eigenvalue weighted by molar-refractivity contribution is -0.132. The van der Waals surface area contributed by atoms with Crippen molar-refractivity contribution in [2.75, 3.05) is 4.90 Å². The van der Waals surface area contributed by atoms with Crippen LogP contribution in [0.1, 0.15) is 46.3 Å². The van der Waals surface area contributed by atoms with Crippen LogP contribution in [0.2, 0.25) is 0 Å². The van der Waals surface area contributed by atoms with E-state index >= 15 is 0 Å². The molecule has 1 aromatic heterocycles. The zero-order chi connectivity index (χ0) is 29.4. The Morgan fingerprint density at radius 1 is 0.952 bits per heavy atom. The number of ketones is 1. The minimum atomic E-state index is -0.834. The summed E-state index contributed by atoms with van der Waals surface area (Å²) in [5, 5.41) is 23.0. The molecule has 1 unspecified atom stereocenters. The lowest BCUT2D eigenvalue weighted by atomic mass is 9.93. The molecule has 1 fully saturated rings. The maximum absolute atomic E-state index is 13.6. The predicted octanol–water partition coefficient (Wildman–Crippen LogP) is 7.79. The lowest BCUT2D eigenvalue weighted by Gasteiger charge is -2.23. The molecule has 6 rings (SSSR count). The highest BCUT2D eigenvalue weighted by Crippen LogP contribution is 2.44. The first kappa shape index (κ1) is 27.9. The van der Waals surface area contributed by atoms with E-state index < -0.39 is 17.7 Å². The molecule has 42 heavy (non-hydrogen) atoms. The Balaban J connectivity index is 1.39. The minimum Gasteiger partial charge on any atom is -0.507 e. The van der Waals surface area contributed by atoms with E-state index in [9.17, 15) is 14.7 Å². The molecule has 1 amide bonds. The first-order valence-electron chi connectivity index (χ1n) is 13.8. The summed E-state index contributed by atoms with van der Waals surface area (Å²) in [6.45, 7) is 5.87. The number of aromatic nitrogens is 2. The molecule has 0 aliphatic carbocycles. The van der Waals surface area contributed by atoms with Crippen LogP contribution in [0.3, 0.4) is 0 Å². The average molecular weight is 592 g/mol. The van der Waals surface area contributed by atoms with Crippen LogP contribution in [0.25, 0.3) is 16.5 Å². The van der Waals surface area contributed by atoms with E-state index in [1.165, 1.54) is 32.6 Å². The number of benzene rings is 4. The average Bonchev–Trinajstić information content (AvgIpc) is 3.58. The summed E-state index contributed by atoms with van der Waals surface area (Å²) < 4.78 is 0.689. The highest BCUT2D eigenvalue weighted by molar-refractivity contribution is 8.00. The maximum atomic E-state index is 13.6. The molecule has 210 valence electrons. The van der Waals surface area contributed by atoms with Crippen LogP contribution in [0.4, 0.5) is 5.13 Å². The van der Waals surface area contributed by atoms with Crippen molar-refractivity contribution in [3.8, 4) is 0 Å². The first-order valence-corrected chi connectivity index (χ1v) is 15.6. The third-order valence-electron chi connectivity index (χ3n) is 7.63. The predicted molar refractivity (Wildman–Crippen MR) is 170 cm³/mol. The highest BCUT2D eigenvalue weighted by atomic mass is 32.2. The number of carbonyl (C=O) groups is 2. The summed E-state index contributed by atoms with van der Waals surface area (Å²) in [5.74, 6) is -0.966. The SMILES string of the molecule is CCc1ccc(C2C(=C(O)c3cc(C)ccc3C)C(=O)C(=O)N2c2nnc(SCc3cccc4ccccc34)s2)cc1. The molecule has 5 aromatic rings. The van der Waals surface area contributed by atoms with E-state index in [1.807, 2.05) is 74.5 Å². The molecule has 1 aliphatic rings. The number of aliphatic hydroxyl groups excluding tert-OH is 1. The second kappa shape index (κ2) is 11.5. The van der Waals surface area contributed by atoms with Gasteiger partial charge in [-0.1, -0.05) is 114 Å². The van der Waals surface area contributed by atoms with Crippen molar-refractivity contribution in [3.05, 3.63) is 124 Å². The molecule has 0 spiro atoms. The van der Waals surface area contributed by atoms with Crippen molar-refractivity contribution < 1.29 is 14.7 Å². The van der Waals surface area contributed by atoms with Crippen molar-refractivity contribution in [1.29, 1.82) is 0 Å². The van der Waals surface area contributed by atoms with Gasteiger partial charge in [-0.2, -0.15) is 0 Å². The molecule has 1 N–H and O–H groups in total. The Bertz CT molecular complexity index is 1850. The van der Waals surface area contributed by atoms with Gasteiger partial charge in [-0.25, -0.2) is 0 Å². The summed E-state index contributed by atoms with van der Waals surface area (Å²) in [7, 11) is 0.